The fourth-order valence-electron chi connectivity index (χ4n) is 3.23. The highest BCUT2D eigenvalue weighted by Crippen LogP contribution is 2.36. The van der Waals surface area contributed by atoms with Crippen molar-refractivity contribution in [1.82, 2.24) is 15.2 Å². The number of rotatable bonds is 3. The predicted octanol–water partition coefficient (Wildman–Crippen LogP) is 4.66. The molecule has 2 aromatic carbocycles. The minimum Gasteiger partial charge on any atom is -0.339 e. The average molecular weight is 352 g/mol. The van der Waals surface area contributed by atoms with Crippen molar-refractivity contribution in [1.29, 1.82) is 0 Å². The Morgan fingerprint density at radius 1 is 1.20 bits per heavy atom. The van der Waals surface area contributed by atoms with Crippen molar-refractivity contribution in [3.05, 3.63) is 64.8 Å². The molecule has 4 rings (SSSR count). The van der Waals surface area contributed by atoms with Crippen molar-refractivity contribution >= 4 is 34.7 Å². The van der Waals surface area contributed by atoms with E-state index in [-0.39, 0.29) is 0 Å². The summed E-state index contributed by atoms with van der Waals surface area (Å²) in [7, 11) is 0. The summed E-state index contributed by atoms with van der Waals surface area (Å²) in [6.45, 7) is 4.18. The molecular formula is C19H18ClN5. The molecule has 1 atom stereocenters. The number of fused-ring (bicyclic) bond motifs is 1. The number of anilines is 4. The van der Waals surface area contributed by atoms with Gasteiger partial charge in [0, 0.05) is 22.4 Å². The Balaban J connectivity index is 1.66. The highest BCUT2D eigenvalue weighted by atomic mass is 35.5. The van der Waals surface area contributed by atoms with Gasteiger partial charge < -0.3 is 10.2 Å². The molecule has 1 unspecified atom stereocenters. The molecule has 0 saturated carbocycles. The molecule has 25 heavy (non-hydrogen) atoms. The van der Waals surface area contributed by atoms with Crippen LogP contribution in [-0.2, 0) is 6.42 Å². The highest BCUT2D eigenvalue weighted by molar-refractivity contribution is 6.30. The van der Waals surface area contributed by atoms with Gasteiger partial charge in [-0.2, -0.15) is 10.1 Å². The van der Waals surface area contributed by atoms with Gasteiger partial charge in [-0.25, -0.2) is 0 Å². The minimum absolute atomic E-state index is 0.298. The first-order valence-electron chi connectivity index (χ1n) is 8.22. The number of hydrogen-bond acceptors (Lipinski definition) is 5. The molecule has 0 amide bonds. The molecule has 1 aromatic heterocycles. The van der Waals surface area contributed by atoms with Crippen molar-refractivity contribution in [3.63, 3.8) is 0 Å². The summed E-state index contributed by atoms with van der Waals surface area (Å²) in [5, 5.41) is 12.4. The Kier molecular flexibility index (Phi) is 4.01. The topological polar surface area (TPSA) is 53.9 Å². The summed E-state index contributed by atoms with van der Waals surface area (Å²) in [5.41, 5.74) is 4.46. The number of nitrogens with zero attached hydrogens (tertiary/aromatic N) is 4. The summed E-state index contributed by atoms with van der Waals surface area (Å²) < 4.78 is 0. The normalized spacial score (nSPS) is 16.0. The monoisotopic (exact) mass is 351 g/mol. The van der Waals surface area contributed by atoms with Gasteiger partial charge in [0.1, 0.15) is 0 Å². The molecule has 0 saturated heterocycles. The zero-order chi connectivity index (χ0) is 17.4. The Hall–Kier alpha value is -2.66. The fourth-order valence-corrected chi connectivity index (χ4v) is 3.46. The first kappa shape index (κ1) is 15.8. The van der Waals surface area contributed by atoms with E-state index in [9.17, 15) is 0 Å². The molecular weight excluding hydrogens is 334 g/mol. The SMILES string of the molecule is Cc1cc(Cl)ccc1Nc1cnnc(N2c3ccccc3CC2C)n1. The van der Waals surface area contributed by atoms with Gasteiger partial charge in [0.15, 0.2) is 5.82 Å². The molecule has 1 aliphatic heterocycles. The van der Waals surface area contributed by atoms with Gasteiger partial charge in [-0.3, -0.25) is 0 Å². The van der Waals surface area contributed by atoms with E-state index in [2.05, 4.69) is 50.5 Å². The van der Waals surface area contributed by atoms with Crippen LogP contribution in [0, 0.1) is 6.92 Å². The van der Waals surface area contributed by atoms with Crippen LogP contribution >= 0.6 is 11.6 Å². The van der Waals surface area contributed by atoms with Crippen LogP contribution in [0.25, 0.3) is 0 Å². The maximum atomic E-state index is 6.02. The summed E-state index contributed by atoms with van der Waals surface area (Å²) >= 11 is 6.02. The van der Waals surface area contributed by atoms with Crippen LogP contribution in [0.2, 0.25) is 5.02 Å². The molecule has 0 radical (unpaired) electrons. The standard InChI is InChI=1S/C19H18ClN5/c1-12-9-15(20)7-8-16(12)22-18-11-21-24-19(23-18)25-13(2)10-14-5-3-4-6-17(14)25/h3-9,11,13H,10H2,1-2H3,(H,22,23,24). The smallest absolute Gasteiger partial charge is 0.252 e. The Labute approximate surface area is 151 Å². The van der Waals surface area contributed by atoms with Crippen molar-refractivity contribution < 1.29 is 0 Å². The van der Waals surface area contributed by atoms with Crippen molar-refractivity contribution in [3.8, 4) is 0 Å². The van der Waals surface area contributed by atoms with E-state index >= 15 is 0 Å². The van der Waals surface area contributed by atoms with E-state index in [1.165, 1.54) is 5.56 Å². The van der Waals surface area contributed by atoms with E-state index < -0.39 is 0 Å². The summed E-state index contributed by atoms with van der Waals surface area (Å²) in [6.07, 6.45) is 2.61. The van der Waals surface area contributed by atoms with Crippen LogP contribution in [-0.4, -0.2) is 21.2 Å². The van der Waals surface area contributed by atoms with E-state index in [4.69, 9.17) is 11.6 Å². The van der Waals surface area contributed by atoms with E-state index in [0.717, 1.165) is 23.4 Å². The Morgan fingerprint density at radius 3 is 2.88 bits per heavy atom. The van der Waals surface area contributed by atoms with Crippen LogP contribution in [0.5, 0.6) is 0 Å². The van der Waals surface area contributed by atoms with Gasteiger partial charge in [-0.1, -0.05) is 29.8 Å². The van der Waals surface area contributed by atoms with Crippen LogP contribution in [0.1, 0.15) is 18.1 Å². The predicted molar refractivity (Wildman–Crippen MR) is 101 cm³/mol. The zero-order valence-electron chi connectivity index (χ0n) is 14.1. The lowest BCUT2D eigenvalue weighted by molar-refractivity contribution is 0.730. The zero-order valence-corrected chi connectivity index (χ0v) is 14.8. The summed E-state index contributed by atoms with van der Waals surface area (Å²) in [5.74, 6) is 1.26. The molecule has 1 N–H and O–H groups in total. The first-order chi connectivity index (χ1) is 12.1. The lowest BCUT2D eigenvalue weighted by Crippen LogP contribution is -2.26. The number of benzene rings is 2. The lowest BCUT2D eigenvalue weighted by Gasteiger charge is -2.22. The maximum absolute atomic E-state index is 6.02. The maximum Gasteiger partial charge on any atom is 0.252 e. The van der Waals surface area contributed by atoms with Crippen molar-refractivity contribution in [2.24, 2.45) is 0 Å². The first-order valence-corrected chi connectivity index (χ1v) is 8.59. The summed E-state index contributed by atoms with van der Waals surface area (Å²) in [6, 6.07) is 14.4. The average Bonchev–Trinajstić information content (AvgIpc) is 2.93. The molecule has 0 fully saturated rings. The number of aromatic nitrogens is 3. The number of nitrogens with one attached hydrogen (secondary N) is 1. The molecule has 6 heteroatoms. The van der Waals surface area contributed by atoms with Gasteiger partial charge >= 0.3 is 0 Å². The third-order valence-electron chi connectivity index (χ3n) is 4.42. The third kappa shape index (κ3) is 3.03. The molecule has 5 nitrogen and oxygen atoms in total. The second-order valence-electron chi connectivity index (χ2n) is 6.28. The molecule has 126 valence electrons. The van der Waals surface area contributed by atoms with Gasteiger partial charge in [0.05, 0.1) is 6.20 Å². The van der Waals surface area contributed by atoms with Crippen LogP contribution in [0.15, 0.2) is 48.7 Å². The van der Waals surface area contributed by atoms with Gasteiger partial charge in [-0.05, 0) is 55.7 Å². The molecule has 3 aromatic rings. The minimum atomic E-state index is 0.298. The second kappa shape index (κ2) is 6.33. The molecule has 0 spiro atoms. The highest BCUT2D eigenvalue weighted by Gasteiger charge is 2.29. The Morgan fingerprint density at radius 2 is 2.04 bits per heavy atom. The quantitative estimate of drug-likeness (QED) is 0.743. The van der Waals surface area contributed by atoms with E-state index in [1.54, 1.807) is 6.20 Å². The Bertz CT molecular complexity index is 927. The molecule has 0 aliphatic carbocycles. The fraction of sp³-hybridized carbons (Fsp3) is 0.211. The van der Waals surface area contributed by atoms with Crippen LogP contribution in [0.4, 0.5) is 23.1 Å². The molecule has 0 bridgehead atoms. The van der Waals surface area contributed by atoms with E-state index in [0.29, 0.717) is 22.8 Å². The van der Waals surface area contributed by atoms with Crippen molar-refractivity contribution in [2.75, 3.05) is 10.2 Å². The number of halogens is 1. The van der Waals surface area contributed by atoms with Crippen LogP contribution < -0.4 is 10.2 Å². The summed E-state index contributed by atoms with van der Waals surface area (Å²) in [4.78, 5) is 6.81. The van der Waals surface area contributed by atoms with Gasteiger partial charge in [0.25, 0.3) is 5.95 Å². The molecule has 2 heterocycles. The number of para-hydroxylation sites is 1. The van der Waals surface area contributed by atoms with Crippen molar-refractivity contribution in [2.45, 2.75) is 26.3 Å². The van der Waals surface area contributed by atoms with Gasteiger partial charge in [-0.15, -0.1) is 5.10 Å². The molecule has 1 aliphatic rings. The van der Waals surface area contributed by atoms with Gasteiger partial charge in [0.2, 0.25) is 0 Å². The number of hydrogen-bond donors (Lipinski definition) is 1. The van der Waals surface area contributed by atoms with Crippen LogP contribution in [0.3, 0.4) is 0 Å². The third-order valence-corrected chi connectivity index (χ3v) is 4.66. The largest absolute Gasteiger partial charge is 0.339 e. The lowest BCUT2D eigenvalue weighted by atomic mass is 10.1. The van der Waals surface area contributed by atoms with E-state index in [1.807, 2.05) is 31.2 Å². The second-order valence-corrected chi connectivity index (χ2v) is 6.71. The number of aryl methyl sites for hydroxylation is 1.